The van der Waals surface area contributed by atoms with E-state index in [-0.39, 0.29) is 12.6 Å². The molecule has 0 saturated carbocycles. The lowest BCUT2D eigenvalue weighted by Crippen LogP contribution is -2.31. The molecular weight excluding hydrogens is 206 g/mol. The first kappa shape index (κ1) is 13.0. The molecule has 90 valence electrons. The molecular formula is C12H19NO3. The fourth-order valence-electron chi connectivity index (χ4n) is 1.51. The van der Waals surface area contributed by atoms with Gasteiger partial charge in [-0.05, 0) is 13.0 Å². The molecule has 3 N–H and O–H groups in total. The molecule has 1 aromatic rings. The minimum absolute atomic E-state index is 0.0670. The molecule has 0 spiro atoms. The molecule has 0 fully saturated rings. The van der Waals surface area contributed by atoms with E-state index in [0.29, 0.717) is 6.54 Å². The predicted molar refractivity (Wildman–Crippen MR) is 62.5 cm³/mol. The molecule has 0 aliphatic heterocycles. The van der Waals surface area contributed by atoms with E-state index in [9.17, 15) is 5.11 Å². The Morgan fingerprint density at radius 2 is 2.06 bits per heavy atom. The molecule has 4 nitrogen and oxygen atoms in total. The van der Waals surface area contributed by atoms with Crippen LogP contribution in [0.1, 0.15) is 18.5 Å². The van der Waals surface area contributed by atoms with Crippen LogP contribution in [0.2, 0.25) is 0 Å². The standard InChI is InChI=1S/C12H19NO3/c1-9(13-7-10(15)8-14)11-5-3-4-6-12(11)16-2/h3-6,9-10,13-15H,7-8H2,1-2H3. The summed E-state index contributed by atoms with van der Waals surface area (Å²) < 4.78 is 5.25. The molecule has 1 rings (SSSR count). The van der Waals surface area contributed by atoms with E-state index in [1.807, 2.05) is 31.2 Å². The van der Waals surface area contributed by atoms with E-state index in [1.54, 1.807) is 7.11 Å². The smallest absolute Gasteiger partial charge is 0.123 e. The fraction of sp³-hybridized carbons (Fsp3) is 0.500. The quantitative estimate of drug-likeness (QED) is 0.667. The van der Waals surface area contributed by atoms with Gasteiger partial charge in [0.15, 0.2) is 0 Å². The monoisotopic (exact) mass is 225 g/mol. The first-order chi connectivity index (χ1) is 7.69. The molecule has 0 heterocycles. The zero-order valence-corrected chi connectivity index (χ0v) is 9.68. The van der Waals surface area contributed by atoms with Crippen LogP contribution in [0.15, 0.2) is 24.3 Å². The highest BCUT2D eigenvalue weighted by atomic mass is 16.5. The van der Waals surface area contributed by atoms with Gasteiger partial charge in [-0.15, -0.1) is 0 Å². The van der Waals surface area contributed by atoms with E-state index in [0.717, 1.165) is 11.3 Å². The Bertz CT molecular complexity index is 317. The van der Waals surface area contributed by atoms with Crippen LogP contribution in [0.4, 0.5) is 0 Å². The summed E-state index contributed by atoms with van der Waals surface area (Å²) in [6.07, 6.45) is -0.725. The molecule has 0 aliphatic rings. The molecule has 0 aromatic heterocycles. The third kappa shape index (κ3) is 3.48. The van der Waals surface area contributed by atoms with Gasteiger partial charge in [-0.1, -0.05) is 18.2 Å². The number of aliphatic hydroxyl groups excluding tert-OH is 2. The summed E-state index contributed by atoms with van der Waals surface area (Å²) in [4.78, 5) is 0. The van der Waals surface area contributed by atoms with Gasteiger partial charge in [-0.2, -0.15) is 0 Å². The molecule has 4 heteroatoms. The third-order valence-corrected chi connectivity index (χ3v) is 2.48. The summed E-state index contributed by atoms with van der Waals surface area (Å²) in [5.74, 6) is 0.820. The lowest BCUT2D eigenvalue weighted by Gasteiger charge is -2.18. The maximum absolute atomic E-state index is 9.24. The zero-order valence-electron chi connectivity index (χ0n) is 9.68. The highest BCUT2D eigenvalue weighted by molar-refractivity contribution is 5.35. The van der Waals surface area contributed by atoms with Gasteiger partial charge < -0.3 is 20.3 Å². The SMILES string of the molecule is COc1ccccc1C(C)NCC(O)CO. The lowest BCUT2D eigenvalue weighted by atomic mass is 10.1. The van der Waals surface area contributed by atoms with Crippen molar-refractivity contribution in [2.24, 2.45) is 0 Å². The normalized spacial score (nSPS) is 14.5. The molecule has 0 amide bonds. The summed E-state index contributed by atoms with van der Waals surface area (Å²) in [5.41, 5.74) is 1.04. The Balaban J connectivity index is 2.61. The van der Waals surface area contributed by atoms with Crippen molar-refractivity contribution in [1.82, 2.24) is 5.32 Å². The van der Waals surface area contributed by atoms with Gasteiger partial charge in [-0.3, -0.25) is 0 Å². The molecule has 0 aliphatic carbocycles. The number of aliphatic hydroxyl groups is 2. The Labute approximate surface area is 95.9 Å². The topological polar surface area (TPSA) is 61.7 Å². The van der Waals surface area contributed by atoms with Crippen molar-refractivity contribution in [2.75, 3.05) is 20.3 Å². The van der Waals surface area contributed by atoms with Gasteiger partial charge in [0.2, 0.25) is 0 Å². The summed E-state index contributed by atoms with van der Waals surface area (Å²) in [6.45, 7) is 2.11. The van der Waals surface area contributed by atoms with Crippen molar-refractivity contribution in [3.05, 3.63) is 29.8 Å². The number of hydrogen-bond acceptors (Lipinski definition) is 4. The van der Waals surface area contributed by atoms with Crippen LogP contribution >= 0.6 is 0 Å². The Kier molecular flexibility index (Phi) is 5.25. The number of ether oxygens (including phenoxy) is 1. The van der Waals surface area contributed by atoms with Crippen molar-refractivity contribution in [2.45, 2.75) is 19.1 Å². The summed E-state index contributed by atoms with van der Waals surface area (Å²) in [6, 6.07) is 7.80. The van der Waals surface area contributed by atoms with E-state index < -0.39 is 6.10 Å². The minimum Gasteiger partial charge on any atom is -0.496 e. The van der Waals surface area contributed by atoms with Crippen molar-refractivity contribution in [3.8, 4) is 5.75 Å². The van der Waals surface area contributed by atoms with Crippen molar-refractivity contribution in [1.29, 1.82) is 0 Å². The lowest BCUT2D eigenvalue weighted by molar-refractivity contribution is 0.0923. The van der Waals surface area contributed by atoms with Crippen LogP contribution in [0.5, 0.6) is 5.75 Å². The fourth-order valence-corrected chi connectivity index (χ4v) is 1.51. The summed E-state index contributed by atoms with van der Waals surface area (Å²) in [7, 11) is 1.63. The van der Waals surface area contributed by atoms with Crippen LogP contribution in [-0.4, -0.2) is 36.6 Å². The second kappa shape index (κ2) is 6.48. The number of rotatable bonds is 6. The van der Waals surface area contributed by atoms with Crippen LogP contribution in [0.3, 0.4) is 0 Å². The maximum Gasteiger partial charge on any atom is 0.123 e. The Morgan fingerprint density at radius 1 is 1.38 bits per heavy atom. The predicted octanol–water partition coefficient (Wildman–Crippen LogP) is 0.699. The Morgan fingerprint density at radius 3 is 2.69 bits per heavy atom. The van der Waals surface area contributed by atoms with E-state index in [4.69, 9.17) is 9.84 Å². The summed E-state index contributed by atoms with van der Waals surface area (Å²) >= 11 is 0. The van der Waals surface area contributed by atoms with Crippen LogP contribution in [-0.2, 0) is 0 Å². The summed E-state index contributed by atoms with van der Waals surface area (Å²) in [5, 5.41) is 21.1. The maximum atomic E-state index is 9.24. The molecule has 16 heavy (non-hydrogen) atoms. The van der Waals surface area contributed by atoms with Crippen LogP contribution in [0, 0.1) is 0 Å². The Hall–Kier alpha value is -1.10. The van der Waals surface area contributed by atoms with Crippen LogP contribution in [0.25, 0.3) is 0 Å². The first-order valence-electron chi connectivity index (χ1n) is 5.34. The molecule has 0 saturated heterocycles. The zero-order chi connectivity index (χ0) is 12.0. The van der Waals surface area contributed by atoms with Crippen molar-refractivity contribution >= 4 is 0 Å². The number of benzene rings is 1. The van der Waals surface area contributed by atoms with Gasteiger partial charge in [0.25, 0.3) is 0 Å². The van der Waals surface area contributed by atoms with Gasteiger partial charge in [0, 0.05) is 18.2 Å². The third-order valence-electron chi connectivity index (χ3n) is 2.48. The number of methoxy groups -OCH3 is 1. The molecule has 2 unspecified atom stereocenters. The largest absolute Gasteiger partial charge is 0.496 e. The number of para-hydroxylation sites is 1. The average Bonchev–Trinajstić information content (AvgIpc) is 2.35. The second-order valence-electron chi connectivity index (χ2n) is 3.71. The first-order valence-corrected chi connectivity index (χ1v) is 5.34. The molecule has 0 bridgehead atoms. The van der Waals surface area contributed by atoms with E-state index >= 15 is 0 Å². The second-order valence-corrected chi connectivity index (χ2v) is 3.71. The molecule has 1 aromatic carbocycles. The molecule has 2 atom stereocenters. The van der Waals surface area contributed by atoms with E-state index in [1.165, 1.54) is 0 Å². The highest BCUT2D eigenvalue weighted by Crippen LogP contribution is 2.23. The average molecular weight is 225 g/mol. The van der Waals surface area contributed by atoms with Gasteiger partial charge in [0.1, 0.15) is 5.75 Å². The van der Waals surface area contributed by atoms with Crippen molar-refractivity contribution in [3.63, 3.8) is 0 Å². The van der Waals surface area contributed by atoms with Crippen LogP contribution < -0.4 is 10.1 Å². The number of nitrogens with one attached hydrogen (secondary N) is 1. The van der Waals surface area contributed by atoms with Gasteiger partial charge >= 0.3 is 0 Å². The van der Waals surface area contributed by atoms with Gasteiger partial charge in [-0.25, -0.2) is 0 Å². The minimum atomic E-state index is -0.725. The van der Waals surface area contributed by atoms with Gasteiger partial charge in [0.05, 0.1) is 19.8 Å². The molecule has 0 radical (unpaired) electrons. The number of hydrogen-bond donors (Lipinski definition) is 3. The highest BCUT2D eigenvalue weighted by Gasteiger charge is 2.11. The van der Waals surface area contributed by atoms with E-state index in [2.05, 4.69) is 5.32 Å². The van der Waals surface area contributed by atoms with Crippen molar-refractivity contribution < 1.29 is 14.9 Å².